The Labute approximate surface area is 139 Å². The van der Waals surface area contributed by atoms with Crippen LogP contribution in [0.5, 0.6) is 5.75 Å². The van der Waals surface area contributed by atoms with E-state index in [-0.39, 0.29) is 0 Å². The summed E-state index contributed by atoms with van der Waals surface area (Å²) in [6.07, 6.45) is 4.42. The summed E-state index contributed by atoms with van der Waals surface area (Å²) in [7, 11) is 0. The predicted molar refractivity (Wildman–Crippen MR) is 90.4 cm³/mol. The predicted octanol–water partition coefficient (Wildman–Crippen LogP) is 1.26. The summed E-state index contributed by atoms with van der Waals surface area (Å²) >= 11 is 0. The van der Waals surface area contributed by atoms with E-state index in [2.05, 4.69) is 32.0 Å². The van der Waals surface area contributed by atoms with Crippen LogP contribution in [-0.2, 0) is 22.3 Å². The van der Waals surface area contributed by atoms with Crippen LogP contribution in [0.25, 0.3) is 0 Å². The van der Waals surface area contributed by atoms with Crippen LogP contribution in [0.1, 0.15) is 31.4 Å². The molecule has 1 aliphatic heterocycles. The Balaban J connectivity index is 1.28. The van der Waals surface area contributed by atoms with Gasteiger partial charge >= 0.3 is 0 Å². The maximum Gasteiger partial charge on any atom is 0.119 e. The Morgan fingerprint density at radius 1 is 1.04 bits per heavy atom. The monoisotopic (exact) mass is 320 g/mol. The molecule has 0 saturated carbocycles. The molecule has 1 fully saturated rings. The number of rotatable bonds is 7. The lowest BCUT2D eigenvalue weighted by molar-refractivity contribution is -0.915. The van der Waals surface area contributed by atoms with E-state index in [1.54, 1.807) is 4.90 Å². The number of nitrogens with one attached hydrogen (secondary N) is 1. The molecular formula is C19H30NO3+. The Bertz CT molecular complexity index is 495. The fourth-order valence-electron chi connectivity index (χ4n) is 3.77. The number of hydrogen-bond acceptors (Lipinski definition) is 3. The van der Waals surface area contributed by atoms with Crippen molar-refractivity contribution in [3.05, 3.63) is 29.3 Å². The molecule has 0 amide bonds. The van der Waals surface area contributed by atoms with E-state index in [4.69, 9.17) is 14.2 Å². The minimum atomic E-state index is 0.358. The maximum atomic E-state index is 5.81. The van der Waals surface area contributed by atoms with Gasteiger partial charge in [0.15, 0.2) is 0 Å². The number of ether oxygens (including phenoxy) is 3. The third kappa shape index (κ3) is 4.93. The van der Waals surface area contributed by atoms with Gasteiger partial charge in [0.2, 0.25) is 0 Å². The van der Waals surface area contributed by atoms with Crippen LogP contribution in [0.4, 0.5) is 0 Å². The molecule has 1 heterocycles. The number of hydrogen-bond donors (Lipinski definition) is 1. The first-order valence-electron chi connectivity index (χ1n) is 9.02. The lowest BCUT2D eigenvalue weighted by Crippen LogP contribution is -3.15. The standard InChI is InChI=1S/C19H29NO3/c1-15-13-20(14-16(2)23-15)8-9-21-10-11-22-19-7-6-17-4-3-5-18(17)12-19/h6-7,12,15-16H,3-5,8-11,13-14H2,1-2H3/p+1/t15-,16-/m1/s1. The topological polar surface area (TPSA) is 32.1 Å². The zero-order chi connectivity index (χ0) is 16.1. The second-order valence-electron chi connectivity index (χ2n) is 6.91. The fraction of sp³-hybridized carbons (Fsp3) is 0.684. The zero-order valence-electron chi connectivity index (χ0n) is 14.5. The highest BCUT2D eigenvalue weighted by molar-refractivity contribution is 5.38. The number of aryl methyl sites for hydroxylation is 2. The molecule has 0 radical (unpaired) electrons. The highest BCUT2D eigenvalue weighted by Crippen LogP contribution is 2.25. The van der Waals surface area contributed by atoms with Crippen molar-refractivity contribution >= 4 is 0 Å². The smallest absolute Gasteiger partial charge is 0.119 e. The van der Waals surface area contributed by atoms with Crippen molar-refractivity contribution in [1.82, 2.24) is 0 Å². The van der Waals surface area contributed by atoms with E-state index in [0.29, 0.717) is 25.4 Å². The van der Waals surface area contributed by atoms with Crippen LogP contribution in [-0.4, -0.2) is 51.7 Å². The van der Waals surface area contributed by atoms with Crippen LogP contribution in [0.3, 0.4) is 0 Å². The van der Waals surface area contributed by atoms with Crippen molar-refractivity contribution in [3.8, 4) is 5.75 Å². The molecule has 4 heteroatoms. The maximum absolute atomic E-state index is 5.81. The quantitative estimate of drug-likeness (QED) is 0.768. The molecule has 0 aromatic heterocycles. The van der Waals surface area contributed by atoms with E-state index in [1.165, 1.54) is 30.4 Å². The van der Waals surface area contributed by atoms with Gasteiger partial charge in [0.1, 0.15) is 44.2 Å². The first-order valence-corrected chi connectivity index (χ1v) is 9.02. The van der Waals surface area contributed by atoms with E-state index < -0.39 is 0 Å². The minimum Gasteiger partial charge on any atom is -0.491 e. The Kier molecular flexibility index (Phi) is 5.92. The molecule has 3 rings (SSSR count). The summed E-state index contributed by atoms with van der Waals surface area (Å²) in [5.41, 5.74) is 2.95. The van der Waals surface area contributed by atoms with Gasteiger partial charge in [-0.1, -0.05) is 6.07 Å². The average Bonchev–Trinajstić information content (AvgIpc) is 2.97. The molecule has 1 N–H and O–H groups in total. The first-order chi connectivity index (χ1) is 11.2. The second-order valence-corrected chi connectivity index (χ2v) is 6.91. The van der Waals surface area contributed by atoms with E-state index in [9.17, 15) is 0 Å². The lowest BCUT2D eigenvalue weighted by atomic mass is 10.1. The molecule has 0 unspecified atom stereocenters. The second kappa shape index (κ2) is 8.13. The van der Waals surface area contributed by atoms with Crippen molar-refractivity contribution in [2.75, 3.05) is 39.5 Å². The highest BCUT2D eigenvalue weighted by atomic mass is 16.5. The first kappa shape index (κ1) is 16.7. The number of fused-ring (bicyclic) bond motifs is 1. The van der Waals surface area contributed by atoms with Gasteiger partial charge in [0.05, 0.1) is 13.2 Å². The summed E-state index contributed by atoms with van der Waals surface area (Å²) in [4.78, 5) is 1.58. The summed E-state index contributed by atoms with van der Waals surface area (Å²) in [5.74, 6) is 0.982. The van der Waals surface area contributed by atoms with Gasteiger partial charge in [-0.3, -0.25) is 0 Å². The average molecular weight is 320 g/mol. The van der Waals surface area contributed by atoms with Gasteiger partial charge in [-0.2, -0.15) is 0 Å². The summed E-state index contributed by atoms with van der Waals surface area (Å²) < 4.78 is 17.3. The van der Waals surface area contributed by atoms with Gasteiger partial charge < -0.3 is 19.1 Å². The van der Waals surface area contributed by atoms with Gasteiger partial charge in [-0.25, -0.2) is 0 Å². The zero-order valence-corrected chi connectivity index (χ0v) is 14.5. The van der Waals surface area contributed by atoms with E-state index in [1.807, 2.05) is 0 Å². The number of benzene rings is 1. The number of morpholine rings is 1. The van der Waals surface area contributed by atoms with Crippen molar-refractivity contribution in [1.29, 1.82) is 0 Å². The molecule has 0 bridgehead atoms. The molecule has 2 atom stereocenters. The van der Waals surface area contributed by atoms with E-state index in [0.717, 1.165) is 32.0 Å². The summed E-state index contributed by atoms with van der Waals surface area (Å²) in [6.45, 7) is 9.61. The lowest BCUT2D eigenvalue weighted by Gasteiger charge is -2.32. The van der Waals surface area contributed by atoms with Crippen molar-refractivity contribution in [3.63, 3.8) is 0 Å². The normalized spacial score (nSPS) is 27.0. The SMILES string of the molecule is C[C@@H]1C[NH+](CCOCCOc2ccc3c(c2)CCC3)C[C@@H](C)O1. The van der Waals surface area contributed by atoms with E-state index >= 15 is 0 Å². The Hall–Kier alpha value is -1.10. The minimum absolute atomic E-state index is 0.358. The third-order valence-electron chi connectivity index (χ3n) is 4.78. The summed E-state index contributed by atoms with van der Waals surface area (Å²) in [6, 6.07) is 6.50. The van der Waals surface area contributed by atoms with Gasteiger partial charge in [0.25, 0.3) is 0 Å². The Morgan fingerprint density at radius 2 is 1.83 bits per heavy atom. The molecule has 0 spiro atoms. The van der Waals surface area contributed by atoms with Crippen molar-refractivity contribution in [2.24, 2.45) is 0 Å². The van der Waals surface area contributed by atoms with Crippen LogP contribution in [0.15, 0.2) is 18.2 Å². The van der Waals surface area contributed by atoms with Crippen LogP contribution < -0.4 is 9.64 Å². The van der Waals surface area contributed by atoms with Crippen molar-refractivity contribution < 1.29 is 19.1 Å². The van der Waals surface area contributed by atoms with Crippen LogP contribution in [0.2, 0.25) is 0 Å². The third-order valence-corrected chi connectivity index (χ3v) is 4.78. The van der Waals surface area contributed by atoms with Gasteiger partial charge in [-0.05, 0) is 56.4 Å². The Morgan fingerprint density at radius 3 is 2.65 bits per heavy atom. The largest absolute Gasteiger partial charge is 0.491 e. The molecule has 1 aromatic carbocycles. The fourth-order valence-corrected chi connectivity index (χ4v) is 3.77. The van der Waals surface area contributed by atoms with Crippen LogP contribution in [0, 0.1) is 0 Å². The molecule has 1 aliphatic carbocycles. The molecule has 2 aliphatic rings. The molecule has 1 saturated heterocycles. The van der Waals surface area contributed by atoms with Crippen molar-refractivity contribution in [2.45, 2.75) is 45.3 Å². The molecule has 4 nitrogen and oxygen atoms in total. The molecule has 1 aromatic rings. The highest BCUT2D eigenvalue weighted by Gasteiger charge is 2.24. The molecular weight excluding hydrogens is 290 g/mol. The van der Waals surface area contributed by atoms with Crippen LogP contribution >= 0.6 is 0 Å². The summed E-state index contributed by atoms with van der Waals surface area (Å²) in [5, 5.41) is 0. The van der Waals surface area contributed by atoms with Gasteiger partial charge in [-0.15, -0.1) is 0 Å². The molecule has 23 heavy (non-hydrogen) atoms. The van der Waals surface area contributed by atoms with Gasteiger partial charge in [0, 0.05) is 0 Å². The molecule has 128 valence electrons. The number of quaternary nitrogens is 1.